The van der Waals surface area contributed by atoms with Crippen molar-refractivity contribution < 1.29 is 18.0 Å². The summed E-state index contributed by atoms with van der Waals surface area (Å²) in [6.07, 6.45) is -0.185. The van der Waals surface area contributed by atoms with E-state index in [9.17, 15) is 18.0 Å². The van der Waals surface area contributed by atoms with Gasteiger partial charge in [0.1, 0.15) is 11.5 Å². The first kappa shape index (κ1) is 22.9. The highest BCUT2D eigenvalue weighted by Gasteiger charge is 2.32. The summed E-state index contributed by atoms with van der Waals surface area (Å²) in [5.41, 5.74) is 2.15. The number of anilines is 1. The first-order chi connectivity index (χ1) is 14.6. The standard InChI is InChI=1S/C16H18ClN3O.C5H5F3N2/c1-11(2)16-14(19-9-3-4-15(19)21)10-18-20(16)13-7-5-12(17)6-8-13;1-3-9-2-4(10-3)5(6,7)8/h5-8,10-11H,3-4,9H2,1-2H3;2H,1H3,(H,9,10). The van der Waals surface area contributed by atoms with Crippen LogP contribution in [0.15, 0.2) is 36.7 Å². The number of amides is 1. The van der Waals surface area contributed by atoms with Gasteiger partial charge in [0, 0.05) is 18.0 Å². The molecule has 4 rings (SSSR count). The molecule has 0 radical (unpaired) electrons. The monoisotopic (exact) mass is 453 g/mol. The number of rotatable bonds is 3. The van der Waals surface area contributed by atoms with Crippen LogP contribution in [0.25, 0.3) is 5.69 Å². The summed E-state index contributed by atoms with van der Waals surface area (Å²) in [7, 11) is 0. The van der Waals surface area contributed by atoms with Crippen molar-refractivity contribution in [3.05, 3.63) is 58.9 Å². The number of carbonyl (C=O) groups is 1. The zero-order chi connectivity index (χ0) is 22.8. The third-order valence-corrected chi connectivity index (χ3v) is 5.03. The largest absolute Gasteiger partial charge is 0.432 e. The number of H-pyrrole nitrogens is 1. The number of aromatic amines is 1. The normalized spacial score (nSPS) is 14.2. The van der Waals surface area contributed by atoms with Crippen molar-refractivity contribution in [3.63, 3.8) is 0 Å². The molecule has 166 valence electrons. The molecule has 0 bridgehead atoms. The van der Waals surface area contributed by atoms with Gasteiger partial charge in [-0.15, -0.1) is 0 Å². The average Bonchev–Trinajstić information content (AvgIpc) is 3.41. The van der Waals surface area contributed by atoms with Crippen LogP contribution in [0.1, 0.15) is 49.8 Å². The van der Waals surface area contributed by atoms with Crippen LogP contribution in [0, 0.1) is 6.92 Å². The van der Waals surface area contributed by atoms with Crippen molar-refractivity contribution in [1.82, 2.24) is 19.7 Å². The third kappa shape index (κ3) is 5.28. The Hall–Kier alpha value is -2.81. The van der Waals surface area contributed by atoms with E-state index in [0.29, 0.717) is 11.4 Å². The molecular formula is C21H23ClF3N5O. The average molecular weight is 454 g/mol. The number of hydrogen-bond donors (Lipinski definition) is 1. The van der Waals surface area contributed by atoms with Crippen molar-refractivity contribution in [3.8, 4) is 5.69 Å². The van der Waals surface area contributed by atoms with Crippen molar-refractivity contribution in [2.24, 2.45) is 0 Å². The predicted octanol–water partition coefficient (Wildman–Crippen LogP) is 5.51. The van der Waals surface area contributed by atoms with E-state index in [1.807, 2.05) is 33.8 Å². The molecule has 10 heteroatoms. The Morgan fingerprint density at radius 1 is 1.16 bits per heavy atom. The summed E-state index contributed by atoms with van der Waals surface area (Å²) in [4.78, 5) is 19.4. The Bertz CT molecular complexity index is 1040. The van der Waals surface area contributed by atoms with Crippen LogP contribution in [0.5, 0.6) is 0 Å². The van der Waals surface area contributed by atoms with E-state index in [2.05, 4.69) is 28.9 Å². The van der Waals surface area contributed by atoms with Gasteiger partial charge in [-0.05, 0) is 43.5 Å². The van der Waals surface area contributed by atoms with E-state index in [4.69, 9.17) is 11.6 Å². The number of alkyl halides is 3. The van der Waals surface area contributed by atoms with Crippen LogP contribution in [-0.2, 0) is 11.0 Å². The van der Waals surface area contributed by atoms with Gasteiger partial charge >= 0.3 is 6.18 Å². The lowest BCUT2D eigenvalue weighted by atomic mass is 10.1. The summed E-state index contributed by atoms with van der Waals surface area (Å²) in [6.45, 7) is 6.49. The van der Waals surface area contributed by atoms with Crippen LogP contribution >= 0.6 is 11.6 Å². The molecule has 1 amide bonds. The van der Waals surface area contributed by atoms with Gasteiger partial charge in [-0.1, -0.05) is 25.4 Å². The minimum absolute atomic E-state index is 0.188. The van der Waals surface area contributed by atoms with Gasteiger partial charge in [0.15, 0.2) is 0 Å². The number of nitrogens with one attached hydrogen (secondary N) is 1. The molecule has 2 aromatic heterocycles. The molecule has 0 aliphatic carbocycles. The Morgan fingerprint density at radius 2 is 1.84 bits per heavy atom. The zero-order valence-electron chi connectivity index (χ0n) is 17.4. The van der Waals surface area contributed by atoms with Gasteiger partial charge in [0.2, 0.25) is 5.91 Å². The molecule has 6 nitrogen and oxygen atoms in total. The summed E-state index contributed by atoms with van der Waals surface area (Å²) >= 11 is 5.95. The number of nitrogens with zero attached hydrogens (tertiary/aromatic N) is 4. The van der Waals surface area contributed by atoms with Gasteiger partial charge in [-0.2, -0.15) is 18.3 Å². The first-order valence-corrected chi connectivity index (χ1v) is 10.2. The summed E-state index contributed by atoms with van der Waals surface area (Å²) in [5, 5.41) is 5.20. The highest BCUT2D eigenvalue weighted by Crippen LogP contribution is 2.32. The Balaban J connectivity index is 0.000000229. The lowest BCUT2D eigenvalue weighted by Gasteiger charge is -2.19. The van der Waals surface area contributed by atoms with Gasteiger partial charge in [0.05, 0.1) is 29.5 Å². The number of hydrogen-bond acceptors (Lipinski definition) is 3. The van der Waals surface area contributed by atoms with E-state index in [1.165, 1.54) is 6.92 Å². The number of halogens is 4. The molecular weight excluding hydrogens is 431 g/mol. The molecule has 1 fully saturated rings. The molecule has 1 aromatic carbocycles. The quantitative estimate of drug-likeness (QED) is 0.568. The highest BCUT2D eigenvalue weighted by molar-refractivity contribution is 6.30. The molecule has 3 heterocycles. The second-order valence-corrected chi connectivity index (χ2v) is 7.92. The minimum Gasteiger partial charge on any atom is -0.339 e. The Labute approximate surface area is 183 Å². The van der Waals surface area contributed by atoms with E-state index in [1.54, 1.807) is 6.20 Å². The summed E-state index contributed by atoms with van der Waals surface area (Å²) in [5.74, 6) is 0.728. The molecule has 0 atom stereocenters. The van der Waals surface area contributed by atoms with Crippen LogP contribution in [0.3, 0.4) is 0 Å². The molecule has 0 unspecified atom stereocenters. The predicted molar refractivity (Wildman–Crippen MR) is 113 cm³/mol. The summed E-state index contributed by atoms with van der Waals surface area (Å²) < 4.78 is 37.1. The van der Waals surface area contributed by atoms with Crippen LogP contribution in [-0.4, -0.2) is 32.2 Å². The Kier molecular flexibility index (Phi) is 6.74. The highest BCUT2D eigenvalue weighted by atomic mass is 35.5. The fourth-order valence-corrected chi connectivity index (χ4v) is 3.48. The smallest absolute Gasteiger partial charge is 0.339 e. The van der Waals surface area contributed by atoms with E-state index < -0.39 is 11.9 Å². The van der Waals surface area contributed by atoms with Crippen molar-refractivity contribution in [2.45, 2.75) is 45.7 Å². The fourth-order valence-electron chi connectivity index (χ4n) is 3.35. The lowest BCUT2D eigenvalue weighted by Crippen LogP contribution is -2.25. The lowest BCUT2D eigenvalue weighted by molar-refractivity contribution is -0.140. The van der Waals surface area contributed by atoms with E-state index in [-0.39, 0.29) is 17.6 Å². The van der Waals surface area contributed by atoms with Gasteiger partial charge in [-0.25, -0.2) is 9.67 Å². The second-order valence-electron chi connectivity index (χ2n) is 7.49. The molecule has 1 aliphatic rings. The van der Waals surface area contributed by atoms with Crippen LogP contribution in [0.4, 0.5) is 18.9 Å². The molecule has 1 aliphatic heterocycles. The third-order valence-electron chi connectivity index (χ3n) is 4.78. The number of imidazole rings is 1. The fraction of sp³-hybridized carbons (Fsp3) is 0.381. The molecule has 31 heavy (non-hydrogen) atoms. The van der Waals surface area contributed by atoms with Crippen LogP contribution < -0.4 is 4.90 Å². The van der Waals surface area contributed by atoms with Crippen molar-refractivity contribution in [2.75, 3.05) is 11.4 Å². The van der Waals surface area contributed by atoms with E-state index in [0.717, 1.165) is 36.2 Å². The number of aromatic nitrogens is 4. The minimum atomic E-state index is -4.30. The molecule has 0 spiro atoms. The van der Waals surface area contributed by atoms with Gasteiger partial charge in [0.25, 0.3) is 0 Å². The SMILES string of the molecule is CC(C)c1c(N2CCCC2=O)cnn1-c1ccc(Cl)cc1.Cc1ncc(C(F)(F)F)[nH]1. The maximum Gasteiger partial charge on any atom is 0.432 e. The topological polar surface area (TPSA) is 66.8 Å². The molecule has 0 saturated carbocycles. The maximum atomic E-state index is 12.0. The molecule has 3 aromatic rings. The van der Waals surface area contributed by atoms with Gasteiger partial charge in [-0.3, -0.25) is 4.79 Å². The summed E-state index contributed by atoms with van der Waals surface area (Å²) in [6, 6.07) is 7.58. The van der Waals surface area contributed by atoms with Gasteiger partial charge < -0.3 is 9.88 Å². The van der Waals surface area contributed by atoms with Crippen molar-refractivity contribution in [1.29, 1.82) is 0 Å². The zero-order valence-corrected chi connectivity index (χ0v) is 18.1. The van der Waals surface area contributed by atoms with Crippen molar-refractivity contribution >= 4 is 23.2 Å². The maximum absolute atomic E-state index is 12.0. The molecule has 1 N–H and O–H groups in total. The van der Waals surface area contributed by atoms with E-state index >= 15 is 0 Å². The molecule has 1 saturated heterocycles. The number of aryl methyl sites for hydroxylation is 1. The Morgan fingerprint density at radius 3 is 2.29 bits per heavy atom. The number of carbonyl (C=O) groups excluding carboxylic acids is 1. The van der Waals surface area contributed by atoms with Crippen LogP contribution in [0.2, 0.25) is 5.02 Å². The first-order valence-electron chi connectivity index (χ1n) is 9.81. The second kappa shape index (κ2) is 9.13. The number of benzene rings is 1.